The van der Waals surface area contributed by atoms with E-state index in [-0.39, 0.29) is 24.1 Å². The van der Waals surface area contributed by atoms with E-state index in [4.69, 9.17) is 26.3 Å². The summed E-state index contributed by atoms with van der Waals surface area (Å²) in [5.74, 6) is 1.30. The number of fused-ring (bicyclic) bond motifs is 2. The Morgan fingerprint density at radius 3 is 2.78 bits per heavy atom. The van der Waals surface area contributed by atoms with Crippen LogP contribution in [-0.2, 0) is 22.6 Å². The minimum absolute atomic E-state index is 0.00605. The zero-order valence-electron chi connectivity index (χ0n) is 21.8. The van der Waals surface area contributed by atoms with Crippen molar-refractivity contribution in [1.29, 1.82) is 5.26 Å². The molecule has 0 spiro atoms. The summed E-state index contributed by atoms with van der Waals surface area (Å²) in [6.07, 6.45) is 2.48. The lowest BCUT2D eigenvalue weighted by Gasteiger charge is -2.28. The third kappa shape index (κ3) is 7.89. The molecule has 198 valence electrons. The summed E-state index contributed by atoms with van der Waals surface area (Å²) >= 11 is 5.60. The maximum absolute atomic E-state index is 11.8. The molecule has 0 aromatic heterocycles. The number of hydrogen-bond donors (Lipinski definition) is 1. The van der Waals surface area contributed by atoms with Gasteiger partial charge in [0.15, 0.2) is 0 Å². The highest BCUT2D eigenvalue weighted by molar-refractivity contribution is 6.29. The summed E-state index contributed by atoms with van der Waals surface area (Å²) in [7, 11) is 1.68. The molecule has 37 heavy (non-hydrogen) atoms. The van der Waals surface area contributed by atoms with E-state index in [0.29, 0.717) is 31.1 Å². The Hall–Kier alpha value is -3.70. The van der Waals surface area contributed by atoms with Gasteiger partial charge in [-0.25, -0.2) is 0 Å². The Morgan fingerprint density at radius 2 is 2.11 bits per heavy atom. The highest BCUT2D eigenvalue weighted by Gasteiger charge is 2.21. The van der Waals surface area contributed by atoms with Gasteiger partial charge in [-0.1, -0.05) is 32.6 Å². The molecule has 2 heterocycles. The van der Waals surface area contributed by atoms with Gasteiger partial charge in [-0.3, -0.25) is 9.59 Å². The van der Waals surface area contributed by atoms with Gasteiger partial charge in [-0.2, -0.15) is 5.26 Å². The van der Waals surface area contributed by atoms with Gasteiger partial charge >= 0.3 is 0 Å². The molecular formula is C28H35ClN4O4. The molecule has 2 aromatic rings. The van der Waals surface area contributed by atoms with Gasteiger partial charge in [0.25, 0.3) is 0 Å². The van der Waals surface area contributed by atoms with Gasteiger partial charge in [0.05, 0.1) is 25.3 Å². The van der Waals surface area contributed by atoms with E-state index in [1.54, 1.807) is 18.1 Å². The first kappa shape index (κ1) is 29.5. The van der Waals surface area contributed by atoms with Gasteiger partial charge in [0.1, 0.15) is 24.0 Å². The van der Waals surface area contributed by atoms with Gasteiger partial charge in [-0.05, 0) is 36.3 Å². The Bertz CT molecular complexity index is 1120. The highest BCUT2D eigenvalue weighted by atomic mass is 35.5. The van der Waals surface area contributed by atoms with E-state index in [9.17, 15) is 9.59 Å². The van der Waals surface area contributed by atoms with Crippen molar-refractivity contribution in [2.45, 2.75) is 33.2 Å². The van der Waals surface area contributed by atoms with Crippen LogP contribution < -0.4 is 19.7 Å². The van der Waals surface area contributed by atoms with Gasteiger partial charge in [0.2, 0.25) is 11.8 Å². The number of ether oxygens (including phenoxy) is 2. The summed E-state index contributed by atoms with van der Waals surface area (Å²) in [4.78, 5) is 26.6. The van der Waals surface area contributed by atoms with Crippen molar-refractivity contribution in [1.82, 2.24) is 4.90 Å². The van der Waals surface area contributed by atoms with Crippen LogP contribution in [0.3, 0.4) is 0 Å². The molecule has 9 heteroatoms. The standard InChI is InChI=1S/C13H14ClN3O2.C13H15NO2.C2H6/c14-9-13(18)17(6-1-4-15)10-2-3-11-12(8-10)19-7-5-16-11;1-3-13(15)14-8-7-11-10(9-14)5-4-6-12(11)16-2;1-2/h2-3,8,16H,1,5-7,9H2;3-6H,1,7-9H2,2H3;1-2H3. The van der Waals surface area contributed by atoms with Crippen molar-refractivity contribution in [2.24, 2.45) is 0 Å². The minimum atomic E-state index is -0.222. The number of anilines is 2. The number of rotatable bonds is 6. The fourth-order valence-corrected chi connectivity index (χ4v) is 4.15. The second-order valence-electron chi connectivity index (χ2n) is 7.85. The molecule has 0 atom stereocenters. The van der Waals surface area contributed by atoms with E-state index in [1.807, 2.05) is 50.2 Å². The molecule has 8 nitrogen and oxygen atoms in total. The van der Waals surface area contributed by atoms with Crippen LogP contribution in [0.1, 0.15) is 31.4 Å². The predicted octanol–water partition coefficient (Wildman–Crippen LogP) is 4.77. The quantitative estimate of drug-likeness (QED) is 0.430. The molecule has 2 aromatic carbocycles. The number of nitrogens with zero attached hydrogens (tertiary/aromatic N) is 3. The van der Waals surface area contributed by atoms with Gasteiger partial charge < -0.3 is 24.6 Å². The maximum atomic E-state index is 11.8. The number of amides is 2. The van der Waals surface area contributed by atoms with Crippen LogP contribution in [0.2, 0.25) is 0 Å². The van der Waals surface area contributed by atoms with Crippen LogP contribution in [0.4, 0.5) is 11.4 Å². The van der Waals surface area contributed by atoms with E-state index < -0.39 is 0 Å². The maximum Gasteiger partial charge on any atom is 0.246 e. The Balaban J connectivity index is 0.000000247. The molecule has 1 N–H and O–H groups in total. The number of halogens is 1. The Morgan fingerprint density at radius 1 is 1.32 bits per heavy atom. The third-order valence-electron chi connectivity index (χ3n) is 5.74. The number of methoxy groups -OCH3 is 1. The van der Waals surface area contributed by atoms with Crippen molar-refractivity contribution < 1.29 is 19.1 Å². The first-order chi connectivity index (χ1) is 18.0. The number of benzene rings is 2. The van der Waals surface area contributed by atoms with Crippen LogP contribution in [0.15, 0.2) is 49.1 Å². The molecule has 0 unspecified atom stereocenters. The number of carbonyl (C=O) groups is 2. The SMILES string of the molecule is C=CC(=O)N1CCc2c(cccc2OC)C1.CC.N#CCCN(C(=O)CCl)c1ccc2c(c1)OCCN2. The number of carbonyl (C=O) groups excluding carboxylic acids is 2. The zero-order valence-corrected chi connectivity index (χ0v) is 22.5. The molecule has 0 fully saturated rings. The van der Waals surface area contributed by atoms with Crippen LogP contribution in [0.25, 0.3) is 0 Å². The van der Waals surface area contributed by atoms with Crippen molar-refractivity contribution in [3.05, 3.63) is 60.2 Å². The summed E-state index contributed by atoms with van der Waals surface area (Å²) in [5.41, 5.74) is 4.00. The molecule has 2 amide bonds. The molecule has 0 radical (unpaired) electrons. The van der Waals surface area contributed by atoms with Gasteiger partial charge in [0, 0.05) is 43.5 Å². The van der Waals surface area contributed by atoms with Crippen LogP contribution in [0, 0.1) is 11.3 Å². The van der Waals surface area contributed by atoms with E-state index in [1.165, 1.54) is 22.1 Å². The number of hydrogen-bond acceptors (Lipinski definition) is 6. The highest BCUT2D eigenvalue weighted by Crippen LogP contribution is 2.32. The predicted molar refractivity (Wildman–Crippen MR) is 147 cm³/mol. The molecule has 2 aliphatic rings. The monoisotopic (exact) mass is 526 g/mol. The Kier molecular flexibility index (Phi) is 12.3. The van der Waals surface area contributed by atoms with Crippen molar-refractivity contribution in [2.75, 3.05) is 49.4 Å². The lowest BCUT2D eigenvalue weighted by molar-refractivity contribution is -0.126. The molecular weight excluding hydrogens is 492 g/mol. The molecule has 0 saturated carbocycles. The second-order valence-corrected chi connectivity index (χ2v) is 8.12. The van der Waals surface area contributed by atoms with Gasteiger partial charge in [-0.15, -0.1) is 11.6 Å². The third-order valence-corrected chi connectivity index (χ3v) is 5.97. The lowest BCUT2D eigenvalue weighted by atomic mass is 9.98. The average Bonchev–Trinajstić information content (AvgIpc) is 2.97. The molecule has 0 saturated heterocycles. The lowest BCUT2D eigenvalue weighted by Crippen LogP contribution is -2.34. The normalized spacial score (nSPS) is 12.8. The molecule has 4 rings (SSSR count). The smallest absolute Gasteiger partial charge is 0.246 e. The van der Waals surface area contributed by atoms with Crippen molar-refractivity contribution in [3.63, 3.8) is 0 Å². The molecule has 0 bridgehead atoms. The minimum Gasteiger partial charge on any atom is -0.496 e. The zero-order chi connectivity index (χ0) is 27.2. The fraction of sp³-hybridized carbons (Fsp3) is 0.393. The first-order valence-electron chi connectivity index (χ1n) is 12.3. The molecule has 0 aliphatic carbocycles. The molecule has 2 aliphatic heterocycles. The summed E-state index contributed by atoms with van der Waals surface area (Å²) in [6, 6.07) is 13.5. The Labute approximate surface area is 224 Å². The summed E-state index contributed by atoms with van der Waals surface area (Å²) in [6.45, 7) is 10.6. The van der Waals surface area contributed by atoms with E-state index in [2.05, 4.69) is 11.9 Å². The van der Waals surface area contributed by atoms with Crippen molar-refractivity contribution in [3.8, 4) is 17.6 Å². The average molecular weight is 527 g/mol. The van der Waals surface area contributed by atoms with Crippen LogP contribution in [-0.4, -0.2) is 55.9 Å². The number of nitrogens with one attached hydrogen (secondary N) is 1. The summed E-state index contributed by atoms with van der Waals surface area (Å²) < 4.78 is 10.8. The van der Waals surface area contributed by atoms with E-state index >= 15 is 0 Å². The summed E-state index contributed by atoms with van der Waals surface area (Å²) in [5, 5.41) is 11.9. The van der Waals surface area contributed by atoms with Crippen molar-refractivity contribution >= 4 is 34.8 Å². The van der Waals surface area contributed by atoms with Crippen LogP contribution >= 0.6 is 11.6 Å². The van der Waals surface area contributed by atoms with Crippen LogP contribution in [0.5, 0.6) is 11.5 Å². The van der Waals surface area contributed by atoms with E-state index in [0.717, 1.165) is 30.9 Å². The number of nitriles is 1. The second kappa shape index (κ2) is 15.4. The fourth-order valence-electron chi connectivity index (χ4n) is 4.01. The number of alkyl halides is 1. The first-order valence-corrected chi connectivity index (χ1v) is 12.9. The topological polar surface area (TPSA) is 94.9 Å². The largest absolute Gasteiger partial charge is 0.496 e.